The van der Waals surface area contributed by atoms with Gasteiger partial charge in [0.25, 0.3) is 0 Å². The van der Waals surface area contributed by atoms with Crippen molar-refractivity contribution in [1.82, 2.24) is 19.9 Å². The van der Waals surface area contributed by atoms with Gasteiger partial charge in [-0.1, -0.05) is 0 Å². The SMILES string of the molecule is CCNC(=NCc1cnc(C)s1)NCC1CCN(S(=O)(=O)C(F)(F)F)CC1. The summed E-state index contributed by atoms with van der Waals surface area (Å²) in [6.07, 6.45) is 2.52. The van der Waals surface area contributed by atoms with Gasteiger partial charge in [-0.15, -0.1) is 11.3 Å². The van der Waals surface area contributed by atoms with E-state index in [0.717, 1.165) is 9.88 Å². The zero-order chi connectivity index (χ0) is 20.1. The van der Waals surface area contributed by atoms with Crippen molar-refractivity contribution >= 4 is 27.3 Å². The van der Waals surface area contributed by atoms with Crippen LogP contribution in [0.5, 0.6) is 0 Å². The Labute approximate surface area is 161 Å². The van der Waals surface area contributed by atoms with Crippen LogP contribution in [-0.4, -0.2) is 55.4 Å². The van der Waals surface area contributed by atoms with Gasteiger partial charge in [-0.2, -0.15) is 17.5 Å². The number of nitrogens with one attached hydrogen (secondary N) is 2. The second-order valence-electron chi connectivity index (χ2n) is 6.21. The number of thiazole rings is 1. The summed E-state index contributed by atoms with van der Waals surface area (Å²) < 4.78 is 61.2. The summed E-state index contributed by atoms with van der Waals surface area (Å²) in [6, 6.07) is 0. The summed E-state index contributed by atoms with van der Waals surface area (Å²) in [7, 11) is -5.23. The van der Waals surface area contributed by atoms with Crippen molar-refractivity contribution in [2.75, 3.05) is 26.2 Å². The van der Waals surface area contributed by atoms with Crippen molar-refractivity contribution < 1.29 is 21.6 Å². The normalized spacial score (nSPS) is 17.9. The number of hydrogen-bond acceptors (Lipinski definition) is 5. The van der Waals surface area contributed by atoms with Gasteiger partial charge >= 0.3 is 15.5 Å². The highest BCUT2D eigenvalue weighted by atomic mass is 32.2. The molecule has 0 unspecified atom stereocenters. The van der Waals surface area contributed by atoms with E-state index in [2.05, 4.69) is 20.6 Å². The molecule has 1 fully saturated rings. The summed E-state index contributed by atoms with van der Waals surface area (Å²) in [5, 5.41) is 7.28. The van der Waals surface area contributed by atoms with Crippen LogP contribution in [0.4, 0.5) is 13.2 Å². The van der Waals surface area contributed by atoms with Crippen molar-refractivity contribution in [1.29, 1.82) is 0 Å². The molecule has 0 spiro atoms. The summed E-state index contributed by atoms with van der Waals surface area (Å²) in [4.78, 5) is 9.69. The van der Waals surface area contributed by atoms with Gasteiger partial charge in [0.1, 0.15) is 0 Å². The smallest absolute Gasteiger partial charge is 0.357 e. The van der Waals surface area contributed by atoms with Crippen LogP contribution in [0.3, 0.4) is 0 Å². The molecular formula is C15H24F3N5O2S2. The lowest BCUT2D eigenvalue weighted by Gasteiger charge is -2.31. The molecule has 0 aromatic carbocycles. The number of hydrogen-bond donors (Lipinski definition) is 2. The largest absolute Gasteiger partial charge is 0.511 e. The van der Waals surface area contributed by atoms with Crippen molar-refractivity contribution in [2.24, 2.45) is 10.9 Å². The summed E-state index contributed by atoms with van der Waals surface area (Å²) in [6.45, 7) is 5.30. The van der Waals surface area contributed by atoms with Crippen molar-refractivity contribution in [3.8, 4) is 0 Å². The Hall–Kier alpha value is -1.40. The van der Waals surface area contributed by atoms with E-state index in [4.69, 9.17) is 0 Å². The molecule has 12 heteroatoms. The molecule has 0 bridgehead atoms. The third-order valence-corrected chi connectivity index (χ3v) is 6.70. The molecule has 1 aromatic rings. The Kier molecular flexibility index (Phi) is 7.46. The molecule has 0 amide bonds. The molecule has 154 valence electrons. The fraction of sp³-hybridized carbons (Fsp3) is 0.733. The van der Waals surface area contributed by atoms with Crippen LogP contribution in [0, 0.1) is 12.8 Å². The van der Waals surface area contributed by atoms with E-state index in [1.165, 1.54) is 0 Å². The van der Waals surface area contributed by atoms with E-state index in [0.29, 0.717) is 42.7 Å². The maximum atomic E-state index is 12.6. The highest BCUT2D eigenvalue weighted by Crippen LogP contribution is 2.30. The highest BCUT2D eigenvalue weighted by molar-refractivity contribution is 7.90. The number of halogens is 3. The van der Waals surface area contributed by atoms with E-state index in [9.17, 15) is 21.6 Å². The number of piperidine rings is 1. The van der Waals surface area contributed by atoms with Crippen molar-refractivity contribution in [2.45, 2.75) is 38.7 Å². The number of aliphatic imine (C=N–C) groups is 1. The quantitative estimate of drug-likeness (QED) is 0.536. The van der Waals surface area contributed by atoms with Crippen LogP contribution < -0.4 is 10.6 Å². The number of nitrogens with zero attached hydrogens (tertiary/aromatic N) is 3. The van der Waals surface area contributed by atoms with Crippen LogP contribution in [0.2, 0.25) is 0 Å². The first-order valence-corrected chi connectivity index (χ1v) is 10.9. The summed E-state index contributed by atoms with van der Waals surface area (Å²) in [5.41, 5.74) is -5.24. The van der Waals surface area contributed by atoms with Gasteiger partial charge < -0.3 is 10.6 Å². The number of aryl methyl sites for hydroxylation is 1. The van der Waals surface area contributed by atoms with Crippen LogP contribution in [0.1, 0.15) is 29.7 Å². The second kappa shape index (κ2) is 9.20. The Bertz CT molecular complexity index is 741. The summed E-state index contributed by atoms with van der Waals surface area (Å²) in [5.74, 6) is 0.702. The van der Waals surface area contributed by atoms with E-state index < -0.39 is 15.5 Å². The molecule has 1 aromatic heterocycles. The molecule has 0 radical (unpaired) electrons. The lowest BCUT2D eigenvalue weighted by molar-refractivity contribution is -0.0496. The minimum atomic E-state index is -5.24. The van der Waals surface area contributed by atoms with Gasteiger partial charge in [0.15, 0.2) is 5.96 Å². The molecule has 0 saturated carbocycles. The van der Waals surface area contributed by atoms with Gasteiger partial charge in [-0.3, -0.25) is 0 Å². The Morgan fingerprint density at radius 1 is 1.37 bits per heavy atom. The maximum Gasteiger partial charge on any atom is 0.511 e. The average molecular weight is 428 g/mol. The van der Waals surface area contributed by atoms with Gasteiger partial charge in [0.05, 0.1) is 11.6 Å². The number of aromatic nitrogens is 1. The van der Waals surface area contributed by atoms with Gasteiger partial charge in [0.2, 0.25) is 0 Å². The Balaban J connectivity index is 1.84. The molecular weight excluding hydrogens is 403 g/mol. The minimum absolute atomic E-state index is 0.0826. The van der Waals surface area contributed by atoms with E-state index in [1.54, 1.807) is 17.5 Å². The number of rotatable bonds is 6. The monoisotopic (exact) mass is 427 g/mol. The minimum Gasteiger partial charge on any atom is -0.357 e. The number of sulfonamides is 1. The third-order valence-electron chi connectivity index (χ3n) is 4.17. The zero-order valence-corrected chi connectivity index (χ0v) is 16.8. The molecule has 1 aliphatic rings. The van der Waals surface area contributed by atoms with E-state index in [-0.39, 0.29) is 19.0 Å². The molecule has 7 nitrogen and oxygen atoms in total. The maximum absolute atomic E-state index is 12.6. The van der Waals surface area contributed by atoms with Gasteiger partial charge in [0, 0.05) is 37.3 Å². The van der Waals surface area contributed by atoms with Crippen LogP contribution in [0.15, 0.2) is 11.2 Å². The standard InChI is InChI=1S/C15H24F3N5O2S2/c1-3-19-14(22-10-13-9-20-11(2)26-13)21-8-12-4-6-23(7-5-12)27(24,25)15(16,17)18/h9,12H,3-8,10H2,1-2H3,(H2,19,21,22). The first-order chi connectivity index (χ1) is 12.6. The molecule has 2 rings (SSSR count). The predicted octanol–water partition coefficient (Wildman–Crippen LogP) is 2.07. The third kappa shape index (κ3) is 6.04. The first kappa shape index (κ1) is 21.9. The van der Waals surface area contributed by atoms with E-state index in [1.807, 2.05) is 13.8 Å². The predicted molar refractivity (Wildman–Crippen MR) is 98.9 cm³/mol. The lowest BCUT2D eigenvalue weighted by atomic mass is 9.98. The molecule has 0 aliphatic carbocycles. The van der Waals surface area contributed by atoms with Crippen LogP contribution in [0.25, 0.3) is 0 Å². The molecule has 27 heavy (non-hydrogen) atoms. The molecule has 1 saturated heterocycles. The fourth-order valence-corrected chi connectivity index (χ4v) is 4.42. The molecule has 2 N–H and O–H groups in total. The van der Waals surface area contributed by atoms with Gasteiger partial charge in [-0.25, -0.2) is 18.4 Å². The number of alkyl halides is 3. The fourth-order valence-electron chi connectivity index (χ4n) is 2.72. The Morgan fingerprint density at radius 2 is 2.04 bits per heavy atom. The van der Waals surface area contributed by atoms with Crippen molar-refractivity contribution in [3.05, 3.63) is 16.1 Å². The molecule has 0 atom stereocenters. The van der Waals surface area contributed by atoms with Gasteiger partial charge in [-0.05, 0) is 32.6 Å². The topological polar surface area (TPSA) is 86.7 Å². The average Bonchev–Trinajstić information content (AvgIpc) is 3.02. The number of guanidine groups is 1. The molecule has 1 aliphatic heterocycles. The molecule has 2 heterocycles. The zero-order valence-electron chi connectivity index (χ0n) is 15.2. The van der Waals surface area contributed by atoms with E-state index >= 15 is 0 Å². The van der Waals surface area contributed by atoms with Crippen LogP contribution in [-0.2, 0) is 16.6 Å². The first-order valence-electron chi connectivity index (χ1n) is 8.63. The van der Waals surface area contributed by atoms with Crippen molar-refractivity contribution in [3.63, 3.8) is 0 Å². The lowest BCUT2D eigenvalue weighted by Crippen LogP contribution is -2.47. The summed E-state index contributed by atoms with van der Waals surface area (Å²) >= 11 is 1.57. The van der Waals surface area contributed by atoms with Crippen LogP contribution >= 0.6 is 11.3 Å². The highest BCUT2D eigenvalue weighted by Gasteiger charge is 2.50. The Morgan fingerprint density at radius 3 is 2.56 bits per heavy atom. The second-order valence-corrected chi connectivity index (χ2v) is 9.46.